The molecule has 0 aromatic heterocycles. The molecule has 0 bridgehead atoms. The fourth-order valence-electron chi connectivity index (χ4n) is 1.95. The minimum atomic E-state index is -1.06. The third kappa shape index (κ3) is 1.97. The molecule has 0 spiro atoms. The van der Waals surface area contributed by atoms with Crippen molar-refractivity contribution in [2.75, 3.05) is 5.75 Å². The van der Waals surface area contributed by atoms with E-state index in [4.69, 9.17) is 5.11 Å². The van der Waals surface area contributed by atoms with Gasteiger partial charge in [-0.05, 0) is 17.2 Å². The quantitative estimate of drug-likeness (QED) is 0.639. The molecule has 0 saturated carbocycles. The minimum absolute atomic E-state index is 0.0664. The molecule has 1 unspecified atom stereocenters. The number of carboxylic acids is 1. The van der Waals surface area contributed by atoms with Gasteiger partial charge in [0.05, 0.1) is 5.92 Å². The van der Waals surface area contributed by atoms with Gasteiger partial charge in [0.25, 0.3) is 0 Å². The van der Waals surface area contributed by atoms with Crippen molar-refractivity contribution in [3.8, 4) is 0 Å². The Kier molecular flexibility index (Phi) is 3.34. The first-order valence-corrected chi connectivity index (χ1v) is 5.92. The van der Waals surface area contributed by atoms with E-state index in [2.05, 4.69) is 12.6 Å². The first kappa shape index (κ1) is 12.6. The number of fused-ring (bicyclic) bond motifs is 1. The first-order valence-electron chi connectivity index (χ1n) is 5.29. The average molecular weight is 262 g/mol. The molecule has 0 saturated heterocycles. The Bertz CT molecular complexity index is 574. The van der Waals surface area contributed by atoms with E-state index < -0.39 is 23.5 Å². The van der Waals surface area contributed by atoms with Crippen LogP contribution in [0, 0.1) is 5.92 Å². The normalized spacial score (nSPS) is 15.9. The molecule has 0 fully saturated rings. The van der Waals surface area contributed by atoms with Crippen LogP contribution in [0.3, 0.4) is 0 Å². The second kappa shape index (κ2) is 4.78. The number of allylic oxidation sites excluding steroid dienone is 1. The summed E-state index contributed by atoms with van der Waals surface area (Å²) in [5.74, 6) is -3.18. The third-order valence-corrected chi connectivity index (χ3v) is 3.21. The van der Waals surface area contributed by atoms with Crippen molar-refractivity contribution in [2.24, 2.45) is 5.92 Å². The lowest BCUT2D eigenvalue weighted by Gasteiger charge is -2.20. The second-order valence-electron chi connectivity index (χ2n) is 3.91. The molecule has 1 N–H and O–H groups in total. The summed E-state index contributed by atoms with van der Waals surface area (Å²) in [7, 11) is 0. The molecule has 1 aromatic rings. The molecule has 0 aliphatic heterocycles. The SMILES string of the molecule is O=C1C=C(C(CS)C(=O)O)c2ccccc2C1=O. The number of aliphatic carboxylic acids is 1. The Hall–Kier alpha value is -1.88. The summed E-state index contributed by atoms with van der Waals surface area (Å²) >= 11 is 3.99. The van der Waals surface area contributed by atoms with Crippen LogP contribution < -0.4 is 0 Å². The van der Waals surface area contributed by atoms with Crippen molar-refractivity contribution in [3.63, 3.8) is 0 Å². The number of hydrogen-bond acceptors (Lipinski definition) is 4. The maximum absolute atomic E-state index is 11.7. The van der Waals surface area contributed by atoms with Gasteiger partial charge in [-0.2, -0.15) is 12.6 Å². The number of hydrogen-bond donors (Lipinski definition) is 2. The van der Waals surface area contributed by atoms with Gasteiger partial charge in [-0.15, -0.1) is 0 Å². The highest BCUT2D eigenvalue weighted by molar-refractivity contribution is 7.80. The van der Waals surface area contributed by atoms with Crippen LogP contribution in [-0.2, 0) is 9.59 Å². The van der Waals surface area contributed by atoms with Gasteiger partial charge in [0.15, 0.2) is 0 Å². The standard InChI is InChI=1S/C13H10O4S/c14-11-5-9(10(6-18)13(16)17)7-3-1-2-4-8(7)12(11)15/h1-5,10,18H,6H2,(H,16,17). The highest BCUT2D eigenvalue weighted by Crippen LogP contribution is 2.31. The number of thiol groups is 1. The highest BCUT2D eigenvalue weighted by Gasteiger charge is 2.31. The molecule has 1 aliphatic rings. The number of Topliss-reactive ketones (excluding diaryl/α,β-unsaturated/α-hetero) is 1. The third-order valence-electron chi connectivity index (χ3n) is 2.85. The molecule has 0 amide bonds. The number of benzene rings is 1. The lowest BCUT2D eigenvalue weighted by molar-refractivity contribution is -0.139. The van der Waals surface area contributed by atoms with E-state index >= 15 is 0 Å². The van der Waals surface area contributed by atoms with E-state index in [0.717, 1.165) is 6.08 Å². The molecule has 5 heteroatoms. The lowest BCUT2D eigenvalue weighted by Crippen LogP contribution is -2.25. The summed E-state index contributed by atoms with van der Waals surface area (Å²) in [6.07, 6.45) is 1.11. The fraction of sp³-hybridized carbons (Fsp3) is 0.154. The molecule has 2 rings (SSSR count). The number of rotatable bonds is 3. The molecule has 0 heterocycles. The van der Waals surface area contributed by atoms with Gasteiger partial charge < -0.3 is 5.11 Å². The summed E-state index contributed by atoms with van der Waals surface area (Å²) in [6, 6.07) is 6.52. The second-order valence-corrected chi connectivity index (χ2v) is 4.28. The van der Waals surface area contributed by atoms with Gasteiger partial charge in [-0.25, -0.2) is 0 Å². The molecular weight excluding hydrogens is 252 g/mol. The summed E-state index contributed by atoms with van der Waals surface area (Å²) in [5, 5.41) is 9.12. The molecule has 4 nitrogen and oxygen atoms in total. The van der Waals surface area contributed by atoms with Gasteiger partial charge in [-0.3, -0.25) is 14.4 Å². The molecule has 18 heavy (non-hydrogen) atoms. The average Bonchev–Trinajstić information content (AvgIpc) is 2.36. The highest BCUT2D eigenvalue weighted by atomic mass is 32.1. The number of ketones is 2. The molecule has 0 radical (unpaired) electrons. The molecule has 1 aliphatic carbocycles. The monoisotopic (exact) mass is 262 g/mol. The van der Waals surface area contributed by atoms with E-state index in [9.17, 15) is 14.4 Å². The predicted molar refractivity (Wildman–Crippen MR) is 68.7 cm³/mol. The molecule has 1 aromatic carbocycles. The Morgan fingerprint density at radius 2 is 1.83 bits per heavy atom. The molecule has 92 valence electrons. The van der Waals surface area contributed by atoms with Gasteiger partial charge in [0.2, 0.25) is 11.6 Å². The maximum atomic E-state index is 11.7. The van der Waals surface area contributed by atoms with E-state index in [1.807, 2.05) is 0 Å². The predicted octanol–water partition coefficient (Wildman–Crippen LogP) is 1.47. The van der Waals surface area contributed by atoms with Crippen molar-refractivity contribution < 1.29 is 19.5 Å². The topological polar surface area (TPSA) is 71.4 Å². The van der Waals surface area contributed by atoms with Crippen molar-refractivity contribution in [1.29, 1.82) is 0 Å². The van der Waals surface area contributed by atoms with Gasteiger partial charge in [0, 0.05) is 11.3 Å². The van der Waals surface area contributed by atoms with Gasteiger partial charge in [-0.1, -0.05) is 24.3 Å². The van der Waals surface area contributed by atoms with Crippen LogP contribution in [0.4, 0.5) is 0 Å². The molecular formula is C13H10O4S. The number of carboxylic acid groups (broad SMARTS) is 1. The smallest absolute Gasteiger partial charge is 0.311 e. The number of carbonyl (C=O) groups excluding carboxylic acids is 2. The van der Waals surface area contributed by atoms with Gasteiger partial charge >= 0.3 is 5.97 Å². The first-order chi connectivity index (χ1) is 8.56. The van der Waals surface area contributed by atoms with Crippen molar-refractivity contribution >= 4 is 35.7 Å². The summed E-state index contributed by atoms with van der Waals surface area (Å²) in [5.41, 5.74) is 1.11. The van der Waals surface area contributed by atoms with Crippen molar-refractivity contribution in [3.05, 3.63) is 41.5 Å². The van der Waals surface area contributed by atoms with Crippen molar-refractivity contribution in [1.82, 2.24) is 0 Å². The Labute approximate surface area is 109 Å². The minimum Gasteiger partial charge on any atom is -0.481 e. The van der Waals surface area contributed by atoms with E-state index in [0.29, 0.717) is 11.1 Å². The van der Waals surface area contributed by atoms with Crippen molar-refractivity contribution in [2.45, 2.75) is 0 Å². The van der Waals surface area contributed by atoms with E-state index in [-0.39, 0.29) is 11.3 Å². The van der Waals surface area contributed by atoms with Crippen LogP contribution in [0.1, 0.15) is 15.9 Å². The Morgan fingerprint density at radius 3 is 2.39 bits per heavy atom. The van der Waals surface area contributed by atoms with Crippen LogP contribution in [0.15, 0.2) is 30.3 Å². The lowest BCUT2D eigenvalue weighted by atomic mass is 9.83. The van der Waals surface area contributed by atoms with Crippen LogP contribution >= 0.6 is 12.6 Å². The summed E-state index contributed by atoms with van der Waals surface area (Å²) in [4.78, 5) is 34.4. The van der Waals surface area contributed by atoms with Gasteiger partial charge in [0.1, 0.15) is 0 Å². The van der Waals surface area contributed by atoms with Crippen LogP contribution in [0.5, 0.6) is 0 Å². The zero-order valence-corrected chi connectivity index (χ0v) is 10.2. The van der Waals surface area contributed by atoms with E-state index in [1.54, 1.807) is 18.2 Å². The maximum Gasteiger partial charge on any atom is 0.311 e. The van der Waals surface area contributed by atoms with Crippen LogP contribution in [0.2, 0.25) is 0 Å². The summed E-state index contributed by atoms with van der Waals surface area (Å²) < 4.78 is 0. The number of carbonyl (C=O) groups is 3. The summed E-state index contributed by atoms with van der Waals surface area (Å²) in [6.45, 7) is 0. The fourth-order valence-corrected chi connectivity index (χ4v) is 2.30. The largest absolute Gasteiger partial charge is 0.481 e. The zero-order valence-electron chi connectivity index (χ0n) is 9.29. The van der Waals surface area contributed by atoms with E-state index in [1.165, 1.54) is 6.07 Å². The molecule has 1 atom stereocenters. The zero-order chi connectivity index (χ0) is 13.3. The van der Waals surface area contributed by atoms with Crippen LogP contribution in [-0.4, -0.2) is 28.4 Å². The van der Waals surface area contributed by atoms with Crippen LogP contribution in [0.25, 0.3) is 5.57 Å². The Morgan fingerprint density at radius 1 is 1.22 bits per heavy atom. The Balaban J connectivity index is 2.61.